The molecule has 0 saturated heterocycles. The summed E-state index contributed by atoms with van der Waals surface area (Å²) >= 11 is 0. The van der Waals surface area contributed by atoms with Crippen LogP contribution in [0.4, 0.5) is 0 Å². The number of hydrogen-bond donors (Lipinski definition) is 3. The maximum atomic E-state index is 9.13. The Bertz CT molecular complexity index is 666. The van der Waals surface area contributed by atoms with Crippen LogP contribution in [0.3, 0.4) is 0 Å². The van der Waals surface area contributed by atoms with E-state index in [0.717, 1.165) is 31.7 Å². The van der Waals surface area contributed by atoms with Crippen molar-refractivity contribution in [2.45, 2.75) is 296 Å². The molecule has 5 heteroatoms. The van der Waals surface area contributed by atoms with E-state index in [4.69, 9.17) is 10.8 Å². The Hall–Kier alpha value is 0.528. The van der Waals surface area contributed by atoms with E-state index >= 15 is 0 Å². The molecule has 332 valence electrons. The second-order valence-electron chi connectivity index (χ2n) is 18.0. The fraction of sp³-hybridized carbons (Fsp3) is 1.00. The van der Waals surface area contributed by atoms with Crippen LogP contribution in [0.25, 0.3) is 5.73 Å². The largest absolute Gasteiger partial charge is 0.662 e. The number of nitrogens with one attached hydrogen (secondary N) is 3. The van der Waals surface area contributed by atoms with E-state index in [1.165, 1.54) is 231 Å². The van der Waals surface area contributed by atoms with Crippen LogP contribution in [0, 0.1) is 11.8 Å². The summed E-state index contributed by atoms with van der Waals surface area (Å²) in [5.74, 6) is 1.41. The Morgan fingerprint density at radius 2 is 0.873 bits per heavy atom. The minimum Gasteiger partial charge on any atom is -0.662 e. The number of rotatable bonds is 39. The second-order valence-corrected chi connectivity index (χ2v) is 18.0. The predicted molar refractivity (Wildman–Crippen MR) is 245 cm³/mol. The Balaban J connectivity index is 0. The molecule has 1 fully saturated rings. The van der Waals surface area contributed by atoms with Crippen molar-refractivity contribution in [3.8, 4) is 0 Å². The van der Waals surface area contributed by atoms with Crippen LogP contribution in [0.15, 0.2) is 0 Å². The minimum absolute atomic E-state index is 0. The van der Waals surface area contributed by atoms with E-state index in [-0.39, 0.29) is 33.3 Å². The molecule has 3 atom stereocenters. The summed E-state index contributed by atoms with van der Waals surface area (Å²) in [5, 5.41) is 16.4. The van der Waals surface area contributed by atoms with Crippen molar-refractivity contribution < 1.29 is 26.2 Å². The van der Waals surface area contributed by atoms with Gasteiger partial charge < -0.3 is 21.5 Å². The molecule has 0 bridgehead atoms. The summed E-state index contributed by atoms with van der Waals surface area (Å²) in [6.45, 7) is 10.3. The van der Waals surface area contributed by atoms with Gasteiger partial charge >= 0.3 is 0 Å². The van der Waals surface area contributed by atoms with Crippen molar-refractivity contribution in [2.75, 3.05) is 13.6 Å². The summed E-state index contributed by atoms with van der Waals surface area (Å²) in [6.07, 6.45) is 52.7. The molecule has 55 heavy (non-hydrogen) atoms. The van der Waals surface area contributed by atoms with Gasteiger partial charge in [-0.15, -0.1) is 0 Å². The molecule has 0 spiro atoms. The first kappa shape index (κ1) is 57.6. The molecule has 1 aliphatic carbocycles. The van der Waals surface area contributed by atoms with Crippen LogP contribution >= 0.6 is 0 Å². The van der Waals surface area contributed by atoms with Gasteiger partial charge in [-0.2, -0.15) is 0 Å². The van der Waals surface area contributed by atoms with E-state index in [9.17, 15) is 0 Å². The van der Waals surface area contributed by atoms with Crippen molar-refractivity contribution in [2.24, 2.45) is 11.8 Å². The summed E-state index contributed by atoms with van der Waals surface area (Å²) in [6, 6.07) is 0.539. The third kappa shape index (κ3) is 41.1. The molecule has 0 aliphatic heterocycles. The Labute approximate surface area is 362 Å². The maximum absolute atomic E-state index is 9.13. The molecule has 0 aromatic carbocycles. The average molecular weight is 947 g/mol. The van der Waals surface area contributed by atoms with Gasteiger partial charge in [0.2, 0.25) is 0 Å². The minimum atomic E-state index is -0.112. The van der Waals surface area contributed by atoms with Crippen LogP contribution in [0.5, 0.6) is 0 Å². The fourth-order valence-corrected chi connectivity index (χ4v) is 8.87. The normalized spacial score (nSPS) is 15.3. The van der Waals surface area contributed by atoms with E-state index in [2.05, 4.69) is 45.4 Å². The summed E-state index contributed by atoms with van der Waals surface area (Å²) < 4.78 is 0. The molecule has 0 aromatic heterocycles. The first-order chi connectivity index (χ1) is 26.5. The Morgan fingerprint density at radius 3 is 1.24 bits per heavy atom. The SMILES string of the molecule is CCCCCCCCCCCC(CCCCCCCCCCC)C(CCCCCCCCCCC)NC([NH-])CC(CC)CCNC.OC1CCCCCC1.[W]. The molecule has 0 amide bonds. The molecule has 1 rings (SSSR count). The zero-order valence-electron chi connectivity index (χ0n) is 38.5. The first-order valence-electron chi connectivity index (χ1n) is 25.3. The van der Waals surface area contributed by atoms with Gasteiger partial charge in [-0.3, -0.25) is 0 Å². The van der Waals surface area contributed by atoms with Crippen LogP contribution in [0.2, 0.25) is 0 Å². The van der Waals surface area contributed by atoms with Gasteiger partial charge in [0.15, 0.2) is 0 Å². The molecule has 0 aromatic rings. The van der Waals surface area contributed by atoms with E-state index < -0.39 is 0 Å². The van der Waals surface area contributed by atoms with Crippen molar-refractivity contribution in [1.82, 2.24) is 10.6 Å². The number of hydrogen-bond acceptors (Lipinski definition) is 3. The van der Waals surface area contributed by atoms with Gasteiger partial charge in [0.25, 0.3) is 0 Å². The van der Waals surface area contributed by atoms with Gasteiger partial charge in [-0.05, 0) is 64.0 Å². The molecular formula is C50H104N3OW-. The quantitative estimate of drug-likeness (QED) is 0.0425. The molecule has 3 unspecified atom stereocenters. The van der Waals surface area contributed by atoms with Gasteiger partial charge in [0.1, 0.15) is 0 Å². The molecule has 1 saturated carbocycles. The molecule has 4 N–H and O–H groups in total. The van der Waals surface area contributed by atoms with Gasteiger partial charge in [0.05, 0.1) is 6.10 Å². The molecule has 0 heterocycles. The van der Waals surface area contributed by atoms with E-state index in [1.807, 2.05) is 0 Å². The summed E-state index contributed by atoms with van der Waals surface area (Å²) in [5.41, 5.74) is 9.13. The topological polar surface area (TPSA) is 68.1 Å². The van der Waals surface area contributed by atoms with Crippen LogP contribution in [-0.2, 0) is 21.1 Å². The zero-order chi connectivity index (χ0) is 39.6. The molecule has 0 radical (unpaired) electrons. The predicted octanol–water partition coefficient (Wildman–Crippen LogP) is 16.4. The fourth-order valence-electron chi connectivity index (χ4n) is 8.87. The zero-order valence-corrected chi connectivity index (χ0v) is 41.5. The number of aliphatic hydroxyl groups excluding tert-OH is 1. The van der Waals surface area contributed by atoms with Crippen molar-refractivity contribution in [3.63, 3.8) is 0 Å². The van der Waals surface area contributed by atoms with Crippen LogP contribution in [0.1, 0.15) is 278 Å². The molecule has 4 nitrogen and oxygen atoms in total. The smallest absolute Gasteiger partial charge is 0.0540 e. The van der Waals surface area contributed by atoms with Gasteiger partial charge in [-0.25, -0.2) is 0 Å². The van der Waals surface area contributed by atoms with Crippen LogP contribution in [-0.4, -0.2) is 37.0 Å². The first-order valence-corrected chi connectivity index (χ1v) is 25.3. The summed E-state index contributed by atoms with van der Waals surface area (Å²) in [4.78, 5) is 0. The third-order valence-corrected chi connectivity index (χ3v) is 12.7. The van der Waals surface area contributed by atoms with Crippen LogP contribution < -0.4 is 10.6 Å². The maximum Gasteiger partial charge on any atom is 0.0540 e. The average Bonchev–Trinajstić information content (AvgIpc) is 3.43. The van der Waals surface area contributed by atoms with E-state index in [1.54, 1.807) is 0 Å². The Kier molecular flexibility index (Phi) is 49.5. The van der Waals surface area contributed by atoms with E-state index in [0.29, 0.717) is 12.0 Å². The monoisotopic (exact) mass is 947 g/mol. The van der Waals surface area contributed by atoms with Gasteiger partial charge in [0, 0.05) is 27.1 Å². The third-order valence-electron chi connectivity index (χ3n) is 12.7. The molecular weight excluding hydrogens is 842 g/mol. The van der Waals surface area contributed by atoms with Gasteiger partial charge in [-0.1, -0.05) is 246 Å². The molecule has 1 aliphatic rings. The summed E-state index contributed by atoms with van der Waals surface area (Å²) in [7, 11) is 2.06. The van der Waals surface area contributed by atoms with Crippen molar-refractivity contribution >= 4 is 0 Å². The Morgan fingerprint density at radius 1 is 0.509 bits per heavy atom. The number of unbranched alkanes of at least 4 members (excludes halogenated alkanes) is 24. The number of aliphatic hydroxyl groups is 1. The standard InChI is InChI=1S/C43H90N3.C7H14O.W/c1-6-10-13-16-19-22-25-28-31-34-41(35-32-29-26-23-20-17-14-11-7-2)42(36-33-30-27-24-21-18-15-12-8-3)46-43(44)39-40(9-4)37-38-45-5;8-7-5-3-1-2-4-6-7;/h40-46H,6-39H2,1-5H3;7-8H,1-6H2;/q-1;;. The second kappa shape index (κ2) is 47.2. The van der Waals surface area contributed by atoms with Crippen molar-refractivity contribution in [3.05, 3.63) is 5.73 Å². The van der Waals surface area contributed by atoms with Crippen molar-refractivity contribution in [1.29, 1.82) is 0 Å².